The van der Waals surface area contributed by atoms with Crippen molar-refractivity contribution in [2.45, 2.75) is 26.2 Å². The van der Waals surface area contributed by atoms with Crippen LogP contribution >= 0.6 is 11.3 Å². The van der Waals surface area contributed by atoms with E-state index >= 15 is 0 Å². The van der Waals surface area contributed by atoms with Gasteiger partial charge in [0.25, 0.3) is 0 Å². The van der Waals surface area contributed by atoms with E-state index in [1.54, 1.807) is 0 Å². The average Bonchev–Trinajstić information content (AvgIpc) is 3.77. The Morgan fingerprint density at radius 3 is 1.45 bits per heavy atom. The normalized spacial score (nSPS) is 12.2. The maximum atomic E-state index is 2.43. The molecule has 0 atom stereocenters. The first-order valence-corrected chi connectivity index (χ1v) is 20.3. The molecule has 0 aliphatic rings. The summed E-state index contributed by atoms with van der Waals surface area (Å²) in [6.45, 7) is 6.88. The number of rotatable bonds is 4. The van der Waals surface area contributed by atoms with Crippen molar-refractivity contribution in [2.24, 2.45) is 0 Å². The van der Waals surface area contributed by atoms with Crippen molar-refractivity contribution in [3.05, 3.63) is 188 Å². The molecule has 56 heavy (non-hydrogen) atoms. The lowest BCUT2D eigenvalue weighted by Crippen LogP contribution is -2.10. The lowest BCUT2D eigenvalue weighted by atomic mass is 9.86. The van der Waals surface area contributed by atoms with Gasteiger partial charge in [-0.15, -0.1) is 11.3 Å². The zero-order chi connectivity index (χ0) is 37.5. The molecule has 11 aromatic rings. The van der Waals surface area contributed by atoms with Crippen molar-refractivity contribution < 1.29 is 0 Å². The molecule has 2 heteroatoms. The van der Waals surface area contributed by atoms with Gasteiger partial charge in [0.15, 0.2) is 0 Å². The van der Waals surface area contributed by atoms with Crippen molar-refractivity contribution in [1.82, 2.24) is 4.57 Å². The molecule has 0 fully saturated rings. The van der Waals surface area contributed by atoms with Crippen LogP contribution in [0, 0.1) is 0 Å². The van der Waals surface area contributed by atoms with Gasteiger partial charge in [-0.1, -0.05) is 148 Å². The fraction of sp³-hybridized carbons (Fsp3) is 0.0741. The minimum Gasteiger partial charge on any atom is -0.309 e. The minimum atomic E-state index is 0.108. The molecule has 2 heterocycles. The van der Waals surface area contributed by atoms with Crippen LogP contribution in [0.25, 0.3) is 103 Å². The molecule has 0 aliphatic heterocycles. The van der Waals surface area contributed by atoms with E-state index in [9.17, 15) is 0 Å². The van der Waals surface area contributed by atoms with E-state index in [0.717, 1.165) is 5.69 Å². The molecule has 0 N–H and O–H groups in total. The van der Waals surface area contributed by atoms with Crippen molar-refractivity contribution in [1.29, 1.82) is 0 Å². The second kappa shape index (κ2) is 12.5. The van der Waals surface area contributed by atoms with E-state index in [1.807, 2.05) is 11.3 Å². The number of hydrogen-bond donors (Lipinski definition) is 0. The SMILES string of the molecule is CC(C)(C)c1ccc2sc3ccc(-c4ccc5c(c4)c4ccccc4n5-c4ccc(-c5c6ccccc6c(-c6ccccc6)c6ccccc56)cc4)cc3c2c1. The topological polar surface area (TPSA) is 4.93 Å². The molecule has 0 spiro atoms. The summed E-state index contributed by atoms with van der Waals surface area (Å²) in [5, 5.41) is 10.3. The van der Waals surface area contributed by atoms with Gasteiger partial charge in [-0.25, -0.2) is 0 Å². The molecule has 266 valence electrons. The Bertz CT molecular complexity index is 3260. The second-order valence-corrected chi connectivity index (χ2v) is 17.2. The quantitative estimate of drug-likeness (QED) is 0.159. The van der Waals surface area contributed by atoms with Crippen molar-refractivity contribution in [3.63, 3.8) is 0 Å². The maximum Gasteiger partial charge on any atom is 0.0541 e. The van der Waals surface area contributed by atoms with E-state index in [4.69, 9.17) is 0 Å². The number of aromatic nitrogens is 1. The van der Waals surface area contributed by atoms with E-state index < -0.39 is 0 Å². The highest BCUT2D eigenvalue weighted by Gasteiger charge is 2.19. The van der Waals surface area contributed by atoms with Gasteiger partial charge in [0.05, 0.1) is 11.0 Å². The third kappa shape index (κ3) is 5.13. The minimum absolute atomic E-state index is 0.108. The Kier molecular flexibility index (Phi) is 7.36. The fourth-order valence-electron chi connectivity index (χ4n) is 8.99. The number of thiophene rings is 1. The van der Waals surface area contributed by atoms with Crippen LogP contribution in [0.2, 0.25) is 0 Å². The van der Waals surface area contributed by atoms with Gasteiger partial charge < -0.3 is 4.57 Å². The number of para-hydroxylation sites is 1. The zero-order valence-electron chi connectivity index (χ0n) is 31.7. The molecule has 2 aromatic heterocycles. The third-order valence-corrected chi connectivity index (χ3v) is 12.9. The van der Waals surface area contributed by atoms with Crippen molar-refractivity contribution in [2.75, 3.05) is 0 Å². The Hall–Kier alpha value is -6.48. The summed E-state index contributed by atoms with van der Waals surface area (Å²) < 4.78 is 5.11. The summed E-state index contributed by atoms with van der Waals surface area (Å²) in [4.78, 5) is 0. The van der Waals surface area contributed by atoms with Gasteiger partial charge in [0.2, 0.25) is 0 Å². The molecule has 0 amide bonds. The number of hydrogen-bond acceptors (Lipinski definition) is 1. The number of fused-ring (bicyclic) bond motifs is 8. The van der Waals surface area contributed by atoms with Gasteiger partial charge in [-0.05, 0) is 121 Å². The monoisotopic (exact) mass is 733 g/mol. The molecule has 0 radical (unpaired) electrons. The van der Waals surface area contributed by atoms with Crippen LogP contribution in [0.3, 0.4) is 0 Å². The van der Waals surface area contributed by atoms with E-state index in [1.165, 1.54) is 102 Å². The van der Waals surface area contributed by atoms with Crippen LogP contribution < -0.4 is 0 Å². The highest BCUT2D eigenvalue weighted by molar-refractivity contribution is 7.25. The Balaban J connectivity index is 1.04. The first kappa shape index (κ1) is 32.9. The standard InChI is InChI=1S/C54H39NS/c1-54(2,3)38-25-30-51-47(33-38)46-32-37(24-29-50(46)56-51)36-23-28-49-45(31-36)40-15-11-12-20-48(40)55(49)39-26-21-35(22-27-39)53-43-18-9-7-16-41(43)52(34-13-5-4-6-14-34)42-17-8-10-19-44(42)53/h4-33H,1-3H3. The van der Waals surface area contributed by atoms with Crippen LogP contribution in [0.1, 0.15) is 26.3 Å². The lowest BCUT2D eigenvalue weighted by Gasteiger charge is -2.18. The van der Waals surface area contributed by atoms with Gasteiger partial charge in [-0.3, -0.25) is 0 Å². The number of nitrogens with zero attached hydrogens (tertiary/aromatic N) is 1. The predicted octanol–water partition coefficient (Wildman–Crippen LogP) is 15.8. The second-order valence-electron chi connectivity index (χ2n) is 16.1. The Labute approximate surface area is 330 Å². The summed E-state index contributed by atoms with van der Waals surface area (Å²) in [6, 6.07) is 67.7. The van der Waals surface area contributed by atoms with E-state index in [-0.39, 0.29) is 5.41 Å². The molecule has 0 saturated heterocycles. The maximum absolute atomic E-state index is 2.43. The van der Waals surface area contributed by atoms with Gasteiger partial charge in [-0.2, -0.15) is 0 Å². The lowest BCUT2D eigenvalue weighted by molar-refractivity contribution is 0.591. The molecule has 0 unspecified atom stereocenters. The third-order valence-electron chi connectivity index (χ3n) is 11.7. The summed E-state index contributed by atoms with van der Waals surface area (Å²) in [5.74, 6) is 0. The highest BCUT2D eigenvalue weighted by atomic mass is 32.1. The Morgan fingerprint density at radius 2 is 0.821 bits per heavy atom. The molecule has 11 rings (SSSR count). The molecular formula is C54H39NS. The summed E-state index contributed by atoms with van der Waals surface area (Å²) in [7, 11) is 0. The van der Waals surface area contributed by atoms with Crippen molar-refractivity contribution >= 4 is 74.9 Å². The summed E-state index contributed by atoms with van der Waals surface area (Å²) >= 11 is 1.89. The summed E-state index contributed by atoms with van der Waals surface area (Å²) in [6.07, 6.45) is 0. The predicted molar refractivity (Wildman–Crippen MR) is 244 cm³/mol. The molecule has 9 aromatic carbocycles. The first-order valence-electron chi connectivity index (χ1n) is 19.5. The first-order chi connectivity index (χ1) is 27.4. The molecular weight excluding hydrogens is 695 g/mol. The van der Waals surface area contributed by atoms with Crippen LogP contribution in [0.15, 0.2) is 182 Å². The van der Waals surface area contributed by atoms with Gasteiger partial charge in [0, 0.05) is 36.6 Å². The number of benzene rings is 9. The average molecular weight is 734 g/mol. The highest BCUT2D eigenvalue weighted by Crippen LogP contribution is 2.45. The smallest absolute Gasteiger partial charge is 0.0541 e. The molecule has 0 bridgehead atoms. The fourth-order valence-corrected chi connectivity index (χ4v) is 10.1. The molecule has 0 saturated carbocycles. The molecule has 1 nitrogen and oxygen atoms in total. The van der Waals surface area contributed by atoms with Crippen LogP contribution in [-0.2, 0) is 5.41 Å². The summed E-state index contributed by atoms with van der Waals surface area (Å²) in [5.41, 5.74) is 12.6. The molecule has 0 aliphatic carbocycles. The largest absolute Gasteiger partial charge is 0.309 e. The zero-order valence-corrected chi connectivity index (χ0v) is 32.5. The van der Waals surface area contributed by atoms with Gasteiger partial charge in [0.1, 0.15) is 0 Å². The van der Waals surface area contributed by atoms with Crippen LogP contribution in [0.4, 0.5) is 0 Å². The van der Waals surface area contributed by atoms with Gasteiger partial charge >= 0.3 is 0 Å². The van der Waals surface area contributed by atoms with E-state index in [2.05, 4.69) is 207 Å². The van der Waals surface area contributed by atoms with Crippen LogP contribution in [0.5, 0.6) is 0 Å². The Morgan fingerprint density at radius 1 is 0.357 bits per heavy atom. The van der Waals surface area contributed by atoms with Crippen LogP contribution in [-0.4, -0.2) is 4.57 Å². The van der Waals surface area contributed by atoms with E-state index in [0.29, 0.717) is 0 Å². The van der Waals surface area contributed by atoms with Crippen molar-refractivity contribution in [3.8, 4) is 39.1 Å².